The van der Waals surface area contributed by atoms with Crippen molar-refractivity contribution in [3.8, 4) is 11.5 Å². The van der Waals surface area contributed by atoms with Crippen LogP contribution in [0.5, 0.6) is 0 Å². The number of hydrogen-bond acceptors (Lipinski definition) is 5. The molecule has 0 bridgehead atoms. The molecule has 0 spiro atoms. The Balaban J connectivity index is 1.24. The summed E-state index contributed by atoms with van der Waals surface area (Å²) >= 11 is 0. The third kappa shape index (κ3) is 5.72. The predicted molar refractivity (Wildman–Crippen MR) is 121 cm³/mol. The Labute approximate surface area is 187 Å². The fourth-order valence-corrected chi connectivity index (χ4v) is 3.56. The molecule has 1 aliphatic heterocycles. The Hall–Kier alpha value is -3.68. The van der Waals surface area contributed by atoms with Gasteiger partial charge in [-0.2, -0.15) is 0 Å². The molecule has 1 aromatic heterocycles. The normalized spacial score (nSPS) is 13.2. The molecule has 1 saturated heterocycles. The second-order valence-electron chi connectivity index (χ2n) is 7.97. The van der Waals surface area contributed by atoms with Gasteiger partial charge in [0.05, 0.1) is 0 Å². The molecule has 3 aromatic rings. The first-order valence-corrected chi connectivity index (χ1v) is 10.9. The number of nitrogens with one attached hydrogen (secondary N) is 2. The highest BCUT2D eigenvalue weighted by Crippen LogP contribution is 2.19. The fourth-order valence-electron chi connectivity index (χ4n) is 3.56. The van der Waals surface area contributed by atoms with Crippen molar-refractivity contribution in [3.63, 3.8) is 0 Å². The number of aryl methyl sites for hydroxylation is 2. The molecule has 32 heavy (non-hydrogen) atoms. The molecule has 8 nitrogen and oxygen atoms in total. The van der Waals surface area contributed by atoms with Crippen LogP contribution in [0.25, 0.3) is 11.5 Å². The quantitative estimate of drug-likeness (QED) is 0.588. The Kier molecular flexibility index (Phi) is 6.79. The molecule has 0 radical (unpaired) electrons. The summed E-state index contributed by atoms with van der Waals surface area (Å²) in [7, 11) is 0. The molecule has 1 fully saturated rings. The molecule has 0 aliphatic carbocycles. The summed E-state index contributed by atoms with van der Waals surface area (Å²) in [5, 5.41) is 13.9. The lowest BCUT2D eigenvalue weighted by Gasteiger charge is -2.16. The third-order valence-corrected chi connectivity index (χ3v) is 5.39. The highest BCUT2D eigenvalue weighted by atomic mass is 16.4. The van der Waals surface area contributed by atoms with Crippen LogP contribution in [0.4, 0.5) is 10.5 Å². The van der Waals surface area contributed by atoms with Crippen molar-refractivity contribution in [2.75, 3.05) is 18.4 Å². The fraction of sp³-hybridized carbons (Fsp3) is 0.333. The van der Waals surface area contributed by atoms with Crippen LogP contribution in [0.15, 0.2) is 52.9 Å². The first-order valence-electron chi connectivity index (χ1n) is 10.9. The minimum Gasteiger partial charge on any atom is -0.421 e. The van der Waals surface area contributed by atoms with Gasteiger partial charge in [-0.3, -0.25) is 4.79 Å². The van der Waals surface area contributed by atoms with Crippen molar-refractivity contribution in [3.05, 3.63) is 65.5 Å². The number of benzene rings is 2. The zero-order valence-electron chi connectivity index (χ0n) is 18.1. The van der Waals surface area contributed by atoms with Gasteiger partial charge in [0.1, 0.15) is 0 Å². The Morgan fingerprint density at radius 1 is 1.06 bits per heavy atom. The maximum absolute atomic E-state index is 12.3. The number of urea groups is 1. The summed E-state index contributed by atoms with van der Waals surface area (Å²) in [6.07, 6.45) is 2.73. The van der Waals surface area contributed by atoms with Crippen LogP contribution in [-0.4, -0.2) is 40.1 Å². The monoisotopic (exact) mass is 433 g/mol. The Bertz CT molecular complexity index is 1070. The van der Waals surface area contributed by atoms with E-state index in [9.17, 15) is 9.59 Å². The van der Waals surface area contributed by atoms with Crippen LogP contribution in [0, 0.1) is 6.92 Å². The molecule has 2 N–H and O–H groups in total. The van der Waals surface area contributed by atoms with Gasteiger partial charge in [-0.1, -0.05) is 29.8 Å². The van der Waals surface area contributed by atoms with Crippen molar-refractivity contribution in [2.45, 2.75) is 39.2 Å². The highest BCUT2D eigenvalue weighted by molar-refractivity contribution is 5.89. The number of carbonyl (C=O) groups excluding carboxylic acids is 2. The van der Waals surface area contributed by atoms with Gasteiger partial charge in [0.15, 0.2) is 0 Å². The van der Waals surface area contributed by atoms with Gasteiger partial charge in [-0.05, 0) is 49.6 Å². The minimum absolute atomic E-state index is 0.0757. The van der Waals surface area contributed by atoms with Crippen molar-refractivity contribution >= 4 is 17.6 Å². The summed E-state index contributed by atoms with van der Waals surface area (Å²) in [4.78, 5) is 26.3. The van der Waals surface area contributed by atoms with Crippen molar-refractivity contribution < 1.29 is 14.0 Å². The average Bonchev–Trinajstić information content (AvgIpc) is 3.50. The standard InChI is InChI=1S/C24H27N5O3/c1-17-7-9-19(10-8-17)23-28-27-22(32-23)12-11-21(30)25-16-18-5-4-6-20(15-18)26-24(31)29-13-2-3-14-29/h4-10,15H,2-3,11-14,16H2,1H3,(H,25,30)(H,26,31). The smallest absolute Gasteiger partial charge is 0.321 e. The van der Waals surface area contributed by atoms with Gasteiger partial charge >= 0.3 is 6.03 Å². The van der Waals surface area contributed by atoms with Gasteiger partial charge < -0.3 is 20.0 Å². The van der Waals surface area contributed by atoms with Crippen molar-refractivity contribution in [2.24, 2.45) is 0 Å². The molecule has 8 heteroatoms. The van der Waals surface area contributed by atoms with Crippen LogP contribution in [-0.2, 0) is 17.8 Å². The summed E-state index contributed by atoms with van der Waals surface area (Å²) in [6, 6.07) is 15.3. The first kappa shape index (κ1) is 21.5. The SMILES string of the molecule is Cc1ccc(-c2nnc(CCC(=O)NCc3cccc(NC(=O)N4CCCC4)c3)o2)cc1. The van der Waals surface area contributed by atoms with E-state index < -0.39 is 0 Å². The second-order valence-corrected chi connectivity index (χ2v) is 7.97. The minimum atomic E-state index is -0.105. The van der Waals surface area contributed by atoms with Gasteiger partial charge in [0.25, 0.3) is 0 Å². The number of likely N-dealkylation sites (tertiary alicyclic amines) is 1. The predicted octanol–water partition coefficient (Wildman–Crippen LogP) is 3.92. The zero-order valence-corrected chi connectivity index (χ0v) is 18.1. The number of amides is 3. The third-order valence-electron chi connectivity index (χ3n) is 5.39. The zero-order chi connectivity index (χ0) is 22.3. The number of nitrogens with zero attached hydrogens (tertiary/aromatic N) is 3. The molecule has 0 unspecified atom stereocenters. The number of anilines is 1. The van der Waals surface area contributed by atoms with E-state index in [1.807, 2.05) is 60.4 Å². The summed E-state index contributed by atoms with van der Waals surface area (Å²) in [6.45, 7) is 4.00. The molecule has 2 aromatic carbocycles. The van der Waals surface area contributed by atoms with Crippen LogP contribution >= 0.6 is 0 Å². The Morgan fingerprint density at radius 2 is 1.84 bits per heavy atom. The van der Waals surface area contributed by atoms with Crippen molar-refractivity contribution in [1.29, 1.82) is 0 Å². The number of aromatic nitrogens is 2. The summed E-state index contributed by atoms with van der Waals surface area (Å²) in [5.74, 6) is 0.780. The van der Waals surface area contributed by atoms with E-state index in [-0.39, 0.29) is 18.4 Å². The average molecular weight is 434 g/mol. The maximum Gasteiger partial charge on any atom is 0.321 e. The van der Waals surface area contributed by atoms with E-state index in [1.54, 1.807) is 0 Å². The van der Waals surface area contributed by atoms with Gasteiger partial charge in [-0.25, -0.2) is 4.79 Å². The van der Waals surface area contributed by atoms with E-state index in [0.29, 0.717) is 24.7 Å². The molecule has 4 rings (SSSR count). The van der Waals surface area contributed by atoms with E-state index >= 15 is 0 Å². The lowest BCUT2D eigenvalue weighted by molar-refractivity contribution is -0.121. The number of carbonyl (C=O) groups is 2. The van der Waals surface area contributed by atoms with Crippen LogP contribution < -0.4 is 10.6 Å². The molecule has 1 aliphatic rings. The topological polar surface area (TPSA) is 100 Å². The lowest BCUT2D eigenvalue weighted by Crippen LogP contribution is -2.32. The van der Waals surface area contributed by atoms with Crippen molar-refractivity contribution in [1.82, 2.24) is 20.4 Å². The molecule has 0 atom stereocenters. The van der Waals surface area contributed by atoms with E-state index in [0.717, 1.165) is 48.3 Å². The van der Waals surface area contributed by atoms with Gasteiger partial charge in [0, 0.05) is 43.7 Å². The molecule has 0 saturated carbocycles. The molecule has 3 amide bonds. The lowest BCUT2D eigenvalue weighted by atomic mass is 10.1. The Morgan fingerprint density at radius 3 is 2.62 bits per heavy atom. The molecule has 2 heterocycles. The van der Waals surface area contributed by atoms with Gasteiger partial charge in [-0.15, -0.1) is 10.2 Å². The van der Waals surface area contributed by atoms with Crippen LogP contribution in [0.2, 0.25) is 0 Å². The summed E-state index contributed by atoms with van der Waals surface area (Å²) in [5.41, 5.74) is 3.65. The van der Waals surface area contributed by atoms with E-state index in [1.165, 1.54) is 0 Å². The van der Waals surface area contributed by atoms with E-state index in [2.05, 4.69) is 20.8 Å². The number of hydrogen-bond donors (Lipinski definition) is 2. The second kappa shape index (κ2) is 10.1. The van der Waals surface area contributed by atoms with E-state index in [4.69, 9.17) is 4.42 Å². The van der Waals surface area contributed by atoms with Gasteiger partial charge in [0.2, 0.25) is 17.7 Å². The molecular formula is C24H27N5O3. The molecular weight excluding hydrogens is 406 g/mol. The molecule has 166 valence electrons. The summed E-state index contributed by atoms with van der Waals surface area (Å²) < 4.78 is 5.67. The van der Waals surface area contributed by atoms with Crippen LogP contribution in [0.1, 0.15) is 36.3 Å². The first-order chi connectivity index (χ1) is 15.6. The maximum atomic E-state index is 12.3. The van der Waals surface area contributed by atoms with Crippen LogP contribution in [0.3, 0.4) is 0 Å². The number of rotatable bonds is 7. The highest BCUT2D eigenvalue weighted by Gasteiger charge is 2.17. The largest absolute Gasteiger partial charge is 0.421 e.